The molecule has 0 radical (unpaired) electrons. The number of benzene rings is 1. The molecule has 3 aliphatic rings. The second kappa shape index (κ2) is 28.4. The molecule has 1 aliphatic heterocycles. The maximum absolute atomic E-state index is 12.5. The van der Waals surface area contributed by atoms with Gasteiger partial charge in [0, 0.05) is 24.6 Å². The molecule has 0 spiro atoms. The first-order valence-electron chi connectivity index (χ1n) is 16.6. The van der Waals surface area contributed by atoms with E-state index in [9.17, 15) is 9.90 Å². The third kappa shape index (κ3) is 16.6. The van der Waals surface area contributed by atoms with Crippen LogP contribution in [0.25, 0.3) is 0 Å². The molecule has 5 atom stereocenters. The molecule has 1 amide bonds. The third-order valence-corrected chi connectivity index (χ3v) is 8.41. The molecule has 5 unspecified atom stereocenters. The van der Waals surface area contributed by atoms with Crippen LogP contribution in [0.5, 0.6) is 0 Å². The number of hydrogen-bond donors (Lipinski definition) is 3. The molecule has 2 saturated carbocycles. The van der Waals surface area contributed by atoms with Crippen molar-refractivity contribution in [1.29, 1.82) is 0 Å². The molecule has 0 aromatic heterocycles. The molecule has 44 heavy (non-hydrogen) atoms. The van der Waals surface area contributed by atoms with Gasteiger partial charge >= 0.3 is 31.1 Å². The Morgan fingerprint density at radius 3 is 2.09 bits per heavy atom. The van der Waals surface area contributed by atoms with Crippen LogP contribution in [0, 0.1) is 68.1 Å². The first-order chi connectivity index (χ1) is 20.9. The second-order valence-electron chi connectivity index (χ2n) is 11.1. The number of hydrogen-bond acceptors (Lipinski definition) is 6. The van der Waals surface area contributed by atoms with Gasteiger partial charge in [0.15, 0.2) is 6.29 Å². The van der Waals surface area contributed by atoms with Crippen molar-refractivity contribution in [3.05, 3.63) is 60.6 Å². The van der Waals surface area contributed by atoms with Crippen molar-refractivity contribution in [1.82, 2.24) is 4.90 Å². The van der Waals surface area contributed by atoms with Crippen LogP contribution in [0.3, 0.4) is 0 Å². The quantitative estimate of drug-likeness (QED) is 0.0755. The molecule has 252 valence electrons. The standard InChI is InChI=1S/C26H39NO3.C5H8O.2C2H6.CH4O2.U/c1-4-5-9-22-10-8-11-24(19(22)2)20(3)26(29)30-18-21-12-14-23(15-13-21)25(28)27-16-6-7-17-27;6-4-5-2-1-3-5;2*1-2;1-3-2;/h4,12-15,19-20,22,24,26,29H,2,5-11,16-18H2,1,3H3;4,6H,1-3H2;2*1-2H3;2H,1H3;/q-2;;;;;+2. The number of allylic oxidation sites excluding steroid dienone is 1. The fourth-order valence-electron chi connectivity index (χ4n) is 5.69. The Labute approximate surface area is 293 Å². The molecule has 1 aromatic carbocycles. The van der Waals surface area contributed by atoms with Crippen molar-refractivity contribution in [3.63, 3.8) is 0 Å². The minimum Gasteiger partial charge on any atom is -0.516 e. The summed E-state index contributed by atoms with van der Waals surface area (Å²) in [7, 11) is 1.18. The minimum absolute atomic E-state index is 0. The zero-order valence-corrected chi connectivity index (χ0v) is 32.9. The van der Waals surface area contributed by atoms with E-state index in [2.05, 4.69) is 32.1 Å². The van der Waals surface area contributed by atoms with Crippen molar-refractivity contribution >= 4 is 5.91 Å². The SMILES string of the molecule is CC.CC.COO.OC=C1CCC1.[CH2-]C1C(CC[CH-]C)CCCC1C(C)C(O)OCc1ccc(C(=O)N2CCCC2)cc1.[U+2]. The molecule has 2 aliphatic carbocycles. The van der Waals surface area contributed by atoms with Gasteiger partial charge < -0.3 is 33.2 Å². The van der Waals surface area contributed by atoms with Crippen LogP contribution in [-0.2, 0) is 16.2 Å². The molecule has 1 saturated heterocycles. The van der Waals surface area contributed by atoms with Crippen LogP contribution in [0.4, 0.5) is 0 Å². The van der Waals surface area contributed by atoms with E-state index in [1.807, 2.05) is 56.9 Å². The van der Waals surface area contributed by atoms with Gasteiger partial charge in [0.2, 0.25) is 0 Å². The summed E-state index contributed by atoms with van der Waals surface area (Å²) in [5, 5.41) is 26.0. The van der Waals surface area contributed by atoms with Gasteiger partial charge in [-0.15, -0.1) is 0 Å². The molecule has 1 aromatic rings. The monoisotopic (exact) mass is 844 g/mol. The number of ether oxygens (including phenoxy) is 1. The number of amides is 1. The number of aliphatic hydroxyl groups excluding tert-OH is 2. The summed E-state index contributed by atoms with van der Waals surface area (Å²) in [6.45, 7) is 18.8. The van der Waals surface area contributed by atoms with Gasteiger partial charge in [-0.2, -0.15) is 19.3 Å². The fourth-order valence-corrected chi connectivity index (χ4v) is 5.69. The molecule has 1 heterocycles. The normalized spacial score (nSPS) is 21.5. The van der Waals surface area contributed by atoms with E-state index >= 15 is 0 Å². The first kappa shape index (κ1) is 45.2. The van der Waals surface area contributed by atoms with Gasteiger partial charge in [0.05, 0.1) is 20.0 Å². The summed E-state index contributed by atoms with van der Waals surface area (Å²) in [5.74, 6) is 1.61. The van der Waals surface area contributed by atoms with Crippen molar-refractivity contribution < 1.29 is 61.0 Å². The average molecular weight is 844 g/mol. The van der Waals surface area contributed by atoms with Crippen molar-refractivity contribution in [2.24, 2.45) is 23.7 Å². The molecule has 4 rings (SSSR count). The molecule has 3 N–H and O–H groups in total. The smallest absolute Gasteiger partial charge is 0.516 e. The van der Waals surface area contributed by atoms with Gasteiger partial charge in [-0.1, -0.05) is 84.3 Å². The van der Waals surface area contributed by atoms with Gasteiger partial charge in [-0.05, 0) is 55.4 Å². The van der Waals surface area contributed by atoms with E-state index in [0.29, 0.717) is 24.4 Å². The Kier molecular flexibility index (Phi) is 29.2. The van der Waals surface area contributed by atoms with Crippen LogP contribution in [0.1, 0.15) is 122 Å². The van der Waals surface area contributed by atoms with Gasteiger partial charge in [0.1, 0.15) is 0 Å². The topological polar surface area (TPSA) is 99.5 Å². The maximum Gasteiger partial charge on any atom is 2.00 e. The van der Waals surface area contributed by atoms with E-state index < -0.39 is 6.29 Å². The molecule has 3 fully saturated rings. The summed E-state index contributed by atoms with van der Waals surface area (Å²) in [6, 6.07) is 7.61. The number of aliphatic hydroxyl groups is 2. The largest absolute Gasteiger partial charge is 2.00 e. The molecule has 8 heteroatoms. The van der Waals surface area contributed by atoms with E-state index in [1.165, 1.54) is 44.6 Å². The summed E-state index contributed by atoms with van der Waals surface area (Å²) in [4.78, 5) is 17.6. The van der Waals surface area contributed by atoms with Crippen LogP contribution >= 0.6 is 0 Å². The minimum atomic E-state index is -0.790. The van der Waals surface area contributed by atoms with Gasteiger partial charge in [0.25, 0.3) is 5.91 Å². The maximum atomic E-state index is 12.5. The van der Waals surface area contributed by atoms with Crippen LogP contribution in [-0.4, -0.2) is 52.8 Å². The summed E-state index contributed by atoms with van der Waals surface area (Å²) >= 11 is 0. The molecule has 7 nitrogen and oxygen atoms in total. The predicted octanol–water partition coefficient (Wildman–Crippen LogP) is 9.04. The number of rotatable bonds is 9. The second-order valence-corrected chi connectivity index (χ2v) is 11.1. The van der Waals surface area contributed by atoms with E-state index in [1.54, 1.807) is 0 Å². The number of nitrogens with zero attached hydrogens (tertiary/aromatic N) is 1. The Bertz CT molecular complexity index is 838. The summed E-state index contributed by atoms with van der Waals surface area (Å²) < 4.78 is 5.83. The zero-order valence-electron chi connectivity index (χ0n) is 28.8. The zero-order chi connectivity index (χ0) is 32.6. The Morgan fingerprint density at radius 1 is 1.07 bits per heavy atom. The number of carbonyl (C=O) groups excluding carboxylic acids is 1. The van der Waals surface area contributed by atoms with Crippen molar-refractivity contribution in [2.75, 3.05) is 20.2 Å². The van der Waals surface area contributed by atoms with Gasteiger partial charge in [-0.25, -0.2) is 4.89 Å². The van der Waals surface area contributed by atoms with E-state index in [-0.39, 0.29) is 42.9 Å². The van der Waals surface area contributed by atoms with Crippen LogP contribution < -0.4 is 0 Å². The van der Waals surface area contributed by atoms with Gasteiger partial charge in [-0.3, -0.25) is 10.1 Å². The number of carbonyl (C=O) groups is 1. The molecular weight excluding hydrogens is 780 g/mol. The Balaban J connectivity index is 0. The predicted molar refractivity (Wildman–Crippen MR) is 177 cm³/mol. The number of unbranched alkanes of at least 4 members (excludes halogenated alkanes) is 1. The Hall–Kier alpha value is -0.878. The van der Waals surface area contributed by atoms with Crippen molar-refractivity contribution in [2.45, 2.75) is 119 Å². The average Bonchev–Trinajstić information content (AvgIpc) is 3.56. The first-order valence-corrected chi connectivity index (χ1v) is 16.6. The Morgan fingerprint density at radius 2 is 1.64 bits per heavy atom. The summed E-state index contributed by atoms with van der Waals surface area (Å²) in [5.41, 5.74) is 2.91. The van der Waals surface area contributed by atoms with Crippen molar-refractivity contribution in [3.8, 4) is 0 Å². The molecular formula is C36H63NO6U. The van der Waals surface area contributed by atoms with E-state index in [4.69, 9.17) is 15.1 Å². The van der Waals surface area contributed by atoms with Crippen LogP contribution in [0.2, 0.25) is 0 Å². The third-order valence-electron chi connectivity index (χ3n) is 8.41. The van der Waals surface area contributed by atoms with Crippen LogP contribution in [0.15, 0.2) is 36.1 Å². The molecule has 0 bridgehead atoms. The summed E-state index contributed by atoms with van der Waals surface area (Å²) in [6.07, 6.45) is 14.3. The number of likely N-dealkylation sites (tertiary alicyclic amines) is 1. The van der Waals surface area contributed by atoms with E-state index in [0.717, 1.165) is 62.7 Å². The fraction of sp³-hybridized carbons (Fsp3) is 0.694.